The van der Waals surface area contributed by atoms with E-state index in [9.17, 15) is 14.7 Å². The van der Waals surface area contributed by atoms with Crippen LogP contribution in [0.5, 0.6) is 0 Å². The smallest absolute Gasteiger partial charge is 0.337 e. The fourth-order valence-electron chi connectivity index (χ4n) is 2.14. The molecule has 0 bridgehead atoms. The van der Waals surface area contributed by atoms with Gasteiger partial charge in [0.15, 0.2) is 0 Å². The predicted octanol–water partition coefficient (Wildman–Crippen LogP) is 0.292. The standard InChI is InChI=1S/C12H15N3O3/c1-7-11(16)14-5-6-15(7)10-8(12(17)18)3-2-4-9(10)13/h2-4,7H,5-6,13H2,1H3,(H,14,16)(H,17,18). The van der Waals surface area contributed by atoms with Gasteiger partial charge in [-0.25, -0.2) is 4.79 Å². The number of rotatable bonds is 2. The maximum atomic E-state index is 11.6. The molecular weight excluding hydrogens is 234 g/mol. The first-order valence-electron chi connectivity index (χ1n) is 5.68. The molecular formula is C12H15N3O3. The first-order chi connectivity index (χ1) is 8.52. The van der Waals surface area contributed by atoms with Gasteiger partial charge in [-0.1, -0.05) is 6.07 Å². The molecule has 1 saturated heterocycles. The van der Waals surface area contributed by atoms with Gasteiger partial charge in [-0.2, -0.15) is 0 Å². The van der Waals surface area contributed by atoms with Crippen LogP contribution in [0.25, 0.3) is 0 Å². The van der Waals surface area contributed by atoms with Crippen LogP contribution in [0.15, 0.2) is 18.2 Å². The predicted molar refractivity (Wildman–Crippen MR) is 67.6 cm³/mol. The number of carboxylic acids is 1. The van der Waals surface area contributed by atoms with Gasteiger partial charge in [0, 0.05) is 13.1 Å². The van der Waals surface area contributed by atoms with Gasteiger partial charge in [-0.3, -0.25) is 4.79 Å². The maximum Gasteiger partial charge on any atom is 0.337 e. The first-order valence-corrected chi connectivity index (χ1v) is 5.68. The quantitative estimate of drug-likeness (QED) is 0.655. The van der Waals surface area contributed by atoms with Crippen molar-refractivity contribution < 1.29 is 14.7 Å². The number of nitrogens with one attached hydrogen (secondary N) is 1. The van der Waals surface area contributed by atoms with Crippen LogP contribution < -0.4 is 16.0 Å². The molecule has 0 spiro atoms. The molecule has 96 valence electrons. The van der Waals surface area contributed by atoms with Crippen molar-refractivity contribution in [1.29, 1.82) is 0 Å². The average Bonchev–Trinajstić information content (AvgIpc) is 2.33. The van der Waals surface area contributed by atoms with Crippen LogP contribution in [0, 0.1) is 0 Å². The topological polar surface area (TPSA) is 95.7 Å². The number of nitrogens with two attached hydrogens (primary N) is 1. The average molecular weight is 249 g/mol. The fraction of sp³-hybridized carbons (Fsp3) is 0.333. The lowest BCUT2D eigenvalue weighted by Crippen LogP contribution is -2.54. The van der Waals surface area contributed by atoms with E-state index in [0.717, 1.165) is 0 Å². The highest BCUT2D eigenvalue weighted by atomic mass is 16.4. The van der Waals surface area contributed by atoms with Gasteiger partial charge in [0.1, 0.15) is 6.04 Å². The third-order valence-corrected chi connectivity index (χ3v) is 3.08. The number of nitrogen functional groups attached to an aromatic ring is 1. The number of carbonyl (C=O) groups excluding carboxylic acids is 1. The number of amides is 1. The highest BCUT2D eigenvalue weighted by Crippen LogP contribution is 2.30. The molecule has 6 nitrogen and oxygen atoms in total. The Morgan fingerprint density at radius 2 is 2.28 bits per heavy atom. The van der Waals surface area contributed by atoms with Crippen LogP contribution in [0.2, 0.25) is 0 Å². The number of aromatic carboxylic acids is 1. The third kappa shape index (κ3) is 1.97. The monoisotopic (exact) mass is 249 g/mol. The number of hydrogen-bond donors (Lipinski definition) is 3. The molecule has 1 atom stereocenters. The van der Waals surface area contributed by atoms with Crippen LogP contribution in [-0.4, -0.2) is 36.1 Å². The van der Waals surface area contributed by atoms with Gasteiger partial charge in [-0.15, -0.1) is 0 Å². The lowest BCUT2D eigenvalue weighted by molar-refractivity contribution is -0.122. The summed E-state index contributed by atoms with van der Waals surface area (Å²) < 4.78 is 0. The Labute approximate surface area is 104 Å². The molecule has 1 amide bonds. The molecule has 1 aromatic carbocycles. The van der Waals surface area contributed by atoms with E-state index in [1.165, 1.54) is 6.07 Å². The van der Waals surface area contributed by atoms with Gasteiger partial charge in [0.05, 0.1) is 16.9 Å². The lowest BCUT2D eigenvalue weighted by atomic mass is 10.1. The van der Waals surface area contributed by atoms with E-state index in [0.29, 0.717) is 24.5 Å². The summed E-state index contributed by atoms with van der Waals surface area (Å²) in [6.45, 7) is 2.75. The van der Waals surface area contributed by atoms with Crippen LogP contribution in [0.4, 0.5) is 11.4 Å². The Balaban J connectivity index is 2.49. The maximum absolute atomic E-state index is 11.6. The highest BCUT2D eigenvalue weighted by Gasteiger charge is 2.29. The summed E-state index contributed by atoms with van der Waals surface area (Å²) in [4.78, 5) is 24.6. The second-order valence-electron chi connectivity index (χ2n) is 4.21. The van der Waals surface area contributed by atoms with E-state index in [4.69, 9.17) is 5.73 Å². The Morgan fingerprint density at radius 3 is 2.94 bits per heavy atom. The van der Waals surface area contributed by atoms with E-state index in [-0.39, 0.29) is 11.5 Å². The summed E-state index contributed by atoms with van der Waals surface area (Å²) in [6, 6.07) is 4.30. The Hall–Kier alpha value is -2.24. The van der Waals surface area contributed by atoms with E-state index in [1.54, 1.807) is 24.0 Å². The molecule has 0 radical (unpaired) electrons. The molecule has 1 aliphatic rings. The van der Waals surface area contributed by atoms with Crippen LogP contribution >= 0.6 is 0 Å². The summed E-state index contributed by atoms with van der Waals surface area (Å²) in [7, 11) is 0. The summed E-state index contributed by atoms with van der Waals surface area (Å²) in [5.74, 6) is -1.17. The number of hydrogen-bond acceptors (Lipinski definition) is 4. The molecule has 1 unspecified atom stereocenters. The van der Waals surface area contributed by atoms with E-state index >= 15 is 0 Å². The SMILES string of the molecule is CC1C(=O)NCCN1c1c(N)cccc1C(=O)O. The van der Waals surface area contributed by atoms with E-state index < -0.39 is 12.0 Å². The van der Waals surface area contributed by atoms with Gasteiger partial charge in [-0.05, 0) is 19.1 Å². The molecule has 6 heteroatoms. The molecule has 1 fully saturated rings. The number of piperazine rings is 1. The molecule has 1 aliphatic heterocycles. The second-order valence-corrected chi connectivity index (χ2v) is 4.21. The van der Waals surface area contributed by atoms with Crippen molar-refractivity contribution in [2.24, 2.45) is 0 Å². The first kappa shape index (κ1) is 12.2. The number of carboxylic acid groups (broad SMARTS) is 1. The molecule has 2 rings (SSSR count). The minimum absolute atomic E-state index is 0.122. The van der Waals surface area contributed by atoms with Gasteiger partial charge >= 0.3 is 5.97 Å². The normalized spacial score (nSPS) is 19.5. The highest BCUT2D eigenvalue weighted by molar-refractivity contribution is 5.99. The summed E-state index contributed by atoms with van der Waals surface area (Å²) in [5.41, 5.74) is 6.78. The van der Waals surface area contributed by atoms with Crippen LogP contribution in [-0.2, 0) is 4.79 Å². The number of benzene rings is 1. The largest absolute Gasteiger partial charge is 0.478 e. The zero-order valence-corrected chi connectivity index (χ0v) is 10.0. The Morgan fingerprint density at radius 1 is 1.56 bits per heavy atom. The number of anilines is 2. The van der Waals surface area contributed by atoms with Crippen LogP contribution in [0.1, 0.15) is 17.3 Å². The number of nitrogens with zero attached hydrogens (tertiary/aromatic N) is 1. The van der Waals surface area contributed by atoms with E-state index in [1.807, 2.05) is 0 Å². The van der Waals surface area contributed by atoms with Crippen LogP contribution in [0.3, 0.4) is 0 Å². The molecule has 0 aliphatic carbocycles. The Bertz CT molecular complexity index is 501. The Kier molecular flexibility index (Phi) is 3.10. The van der Waals surface area contributed by atoms with Crippen molar-refractivity contribution in [1.82, 2.24) is 5.32 Å². The zero-order valence-electron chi connectivity index (χ0n) is 10.0. The van der Waals surface area contributed by atoms with Crippen molar-refractivity contribution >= 4 is 23.3 Å². The van der Waals surface area contributed by atoms with Crippen molar-refractivity contribution in [2.45, 2.75) is 13.0 Å². The molecule has 0 aromatic heterocycles. The second kappa shape index (κ2) is 4.56. The van der Waals surface area contributed by atoms with Gasteiger partial charge in [0.2, 0.25) is 5.91 Å². The lowest BCUT2D eigenvalue weighted by Gasteiger charge is -2.36. The summed E-state index contributed by atoms with van der Waals surface area (Å²) in [6.07, 6.45) is 0. The molecule has 18 heavy (non-hydrogen) atoms. The molecule has 1 heterocycles. The molecule has 4 N–H and O–H groups in total. The zero-order chi connectivity index (χ0) is 13.3. The van der Waals surface area contributed by atoms with E-state index in [2.05, 4.69) is 5.32 Å². The van der Waals surface area contributed by atoms with Crippen molar-refractivity contribution in [3.8, 4) is 0 Å². The van der Waals surface area contributed by atoms with Crippen molar-refractivity contribution in [3.05, 3.63) is 23.8 Å². The fourth-order valence-corrected chi connectivity index (χ4v) is 2.14. The summed E-state index contributed by atoms with van der Waals surface area (Å²) in [5, 5.41) is 11.9. The minimum Gasteiger partial charge on any atom is -0.478 e. The number of para-hydroxylation sites is 1. The minimum atomic E-state index is -1.05. The third-order valence-electron chi connectivity index (χ3n) is 3.08. The molecule has 0 saturated carbocycles. The van der Waals surface area contributed by atoms with Crippen molar-refractivity contribution in [3.63, 3.8) is 0 Å². The van der Waals surface area contributed by atoms with Gasteiger partial charge in [0.25, 0.3) is 0 Å². The number of carbonyl (C=O) groups is 2. The van der Waals surface area contributed by atoms with Gasteiger partial charge < -0.3 is 21.1 Å². The molecule has 1 aromatic rings. The summed E-state index contributed by atoms with van der Waals surface area (Å²) >= 11 is 0. The van der Waals surface area contributed by atoms with Crippen molar-refractivity contribution in [2.75, 3.05) is 23.7 Å².